The second-order valence-electron chi connectivity index (χ2n) is 8.77. The Morgan fingerprint density at radius 1 is 0.971 bits per heavy atom. The molecule has 3 aromatic carbocycles. The molecule has 1 unspecified atom stereocenters. The molecular formula is C28H28N2O5. The molecule has 0 aliphatic heterocycles. The van der Waals surface area contributed by atoms with E-state index in [1.54, 1.807) is 19.9 Å². The minimum absolute atomic E-state index is 0.0114. The molecule has 2 amide bonds. The summed E-state index contributed by atoms with van der Waals surface area (Å²) in [6.07, 6.45) is -0.113. The van der Waals surface area contributed by atoms with E-state index in [0.717, 1.165) is 16.7 Å². The quantitative estimate of drug-likeness (QED) is 0.418. The number of aryl methyl sites for hydroxylation is 1. The number of benzene rings is 3. The fourth-order valence-electron chi connectivity index (χ4n) is 4.32. The fraction of sp³-hybridized carbons (Fsp3) is 0.250. The summed E-state index contributed by atoms with van der Waals surface area (Å²) in [4.78, 5) is 36.1. The lowest BCUT2D eigenvalue weighted by atomic mass is 9.98. The Bertz CT molecular complexity index is 1220. The number of alkyl carbamates (subject to hydrolysis) is 1. The smallest absolute Gasteiger partial charge is 0.407 e. The van der Waals surface area contributed by atoms with Gasteiger partial charge in [0, 0.05) is 24.1 Å². The van der Waals surface area contributed by atoms with Crippen molar-refractivity contribution in [1.29, 1.82) is 0 Å². The lowest BCUT2D eigenvalue weighted by Crippen LogP contribution is -2.30. The van der Waals surface area contributed by atoms with E-state index in [9.17, 15) is 14.4 Å². The Morgan fingerprint density at radius 3 is 2.23 bits per heavy atom. The highest BCUT2D eigenvalue weighted by Gasteiger charge is 2.29. The summed E-state index contributed by atoms with van der Waals surface area (Å²) in [7, 11) is 0. The number of ether oxygens (including phenoxy) is 1. The molecule has 0 bridgehead atoms. The maximum atomic E-state index is 12.6. The van der Waals surface area contributed by atoms with Gasteiger partial charge in [-0.1, -0.05) is 61.5 Å². The van der Waals surface area contributed by atoms with Crippen molar-refractivity contribution in [1.82, 2.24) is 5.32 Å². The van der Waals surface area contributed by atoms with Crippen molar-refractivity contribution in [2.45, 2.75) is 26.2 Å². The zero-order valence-electron chi connectivity index (χ0n) is 19.7. The molecule has 7 nitrogen and oxygen atoms in total. The van der Waals surface area contributed by atoms with Crippen LogP contribution in [0.1, 0.15) is 46.3 Å². The van der Waals surface area contributed by atoms with Gasteiger partial charge in [-0.2, -0.15) is 0 Å². The number of carbonyl (C=O) groups excluding carboxylic acids is 2. The van der Waals surface area contributed by atoms with E-state index in [1.807, 2.05) is 24.3 Å². The normalized spacial score (nSPS) is 12.9. The summed E-state index contributed by atoms with van der Waals surface area (Å²) in [6.45, 7) is 4.06. The lowest BCUT2D eigenvalue weighted by molar-refractivity contribution is -0.119. The van der Waals surface area contributed by atoms with Crippen LogP contribution in [-0.2, 0) is 9.53 Å². The van der Waals surface area contributed by atoms with Crippen LogP contribution in [-0.4, -0.2) is 36.2 Å². The number of anilines is 1. The Morgan fingerprint density at radius 2 is 1.60 bits per heavy atom. The SMILES string of the molecule is Cc1ccc(C(=O)O)cc1NC(=O)C(C)CCNC(=O)OCC1c2ccccc2-c2ccccc21. The molecule has 0 saturated carbocycles. The van der Waals surface area contributed by atoms with Crippen LogP contribution in [0.4, 0.5) is 10.5 Å². The summed E-state index contributed by atoms with van der Waals surface area (Å²) >= 11 is 0. The van der Waals surface area contributed by atoms with Gasteiger partial charge in [-0.3, -0.25) is 4.79 Å². The predicted octanol–water partition coefficient (Wildman–Crippen LogP) is 5.20. The molecule has 0 fully saturated rings. The number of rotatable bonds is 8. The van der Waals surface area contributed by atoms with Crippen LogP contribution < -0.4 is 10.6 Å². The molecule has 1 aliphatic rings. The van der Waals surface area contributed by atoms with Crippen molar-refractivity contribution < 1.29 is 24.2 Å². The number of amides is 2. The number of hydrogen-bond donors (Lipinski definition) is 3. The van der Waals surface area contributed by atoms with Crippen LogP contribution in [0.2, 0.25) is 0 Å². The zero-order chi connectivity index (χ0) is 24.9. The largest absolute Gasteiger partial charge is 0.478 e. The number of hydrogen-bond acceptors (Lipinski definition) is 4. The molecule has 1 aliphatic carbocycles. The first-order valence-electron chi connectivity index (χ1n) is 11.6. The van der Waals surface area contributed by atoms with Gasteiger partial charge in [0.05, 0.1) is 5.56 Å². The Hall–Kier alpha value is -4.13. The van der Waals surface area contributed by atoms with Crippen LogP contribution in [0.15, 0.2) is 66.7 Å². The van der Waals surface area contributed by atoms with Gasteiger partial charge in [-0.25, -0.2) is 9.59 Å². The van der Waals surface area contributed by atoms with Crippen molar-refractivity contribution >= 4 is 23.7 Å². The molecule has 0 radical (unpaired) electrons. The van der Waals surface area contributed by atoms with E-state index in [-0.39, 0.29) is 30.5 Å². The van der Waals surface area contributed by atoms with Gasteiger partial charge < -0.3 is 20.5 Å². The topological polar surface area (TPSA) is 105 Å². The van der Waals surface area contributed by atoms with Crippen molar-refractivity contribution in [2.24, 2.45) is 5.92 Å². The number of nitrogens with one attached hydrogen (secondary N) is 2. The zero-order valence-corrected chi connectivity index (χ0v) is 19.7. The van der Waals surface area contributed by atoms with E-state index < -0.39 is 18.0 Å². The van der Waals surface area contributed by atoms with E-state index >= 15 is 0 Å². The van der Waals surface area contributed by atoms with Crippen molar-refractivity contribution in [3.63, 3.8) is 0 Å². The average molecular weight is 473 g/mol. The summed E-state index contributed by atoms with van der Waals surface area (Å²) in [5.74, 6) is -1.70. The van der Waals surface area contributed by atoms with E-state index in [1.165, 1.54) is 23.3 Å². The first-order valence-corrected chi connectivity index (χ1v) is 11.6. The standard InChI is InChI=1S/C28H28N2O5/c1-17-11-12-19(27(32)33)15-25(17)30-26(31)18(2)13-14-29-28(34)35-16-24-22-9-5-3-7-20(22)21-8-4-6-10-23(21)24/h3-12,15,18,24H,13-14,16H2,1-2H3,(H,29,34)(H,30,31)(H,32,33). The summed E-state index contributed by atoms with van der Waals surface area (Å²) in [5.41, 5.74) is 5.97. The highest BCUT2D eigenvalue weighted by Crippen LogP contribution is 2.44. The van der Waals surface area contributed by atoms with Crippen LogP contribution in [0.25, 0.3) is 11.1 Å². The third-order valence-corrected chi connectivity index (χ3v) is 6.38. The second-order valence-corrected chi connectivity index (χ2v) is 8.77. The Balaban J connectivity index is 1.26. The number of fused-ring (bicyclic) bond motifs is 3. The molecule has 4 rings (SSSR count). The summed E-state index contributed by atoms with van der Waals surface area (Å²) in [5, 5.41) is 14.7. The van der Waals surface area contributed by atoms with Gasteiger partial charge in [0.15, 0.2) is 0 Å². The van der Waals surface area contributed by atoms with Gasteiger partial charge in [0.2, 0.25) is 5.91 Å². The average Bonchev–Trinajstić information content (AvgIpc) is 3.17. The highest BCUT2D eigenvalue weighted by molar-refractivity contribution is 5.95. The van der Waals surface area contributed by atoms with Gasteiger partial charge in [-0.15, -0.1) is 0 Å². The Labute approximate surface area is 204 Å². The maximum absolute atomic E-state index is 12.6. The minimum atomic E-state index is -1.05. The highest BCUT2D eigenvalue weighted by atomic mass is 16.5. The maximum Gasteiger partial charge on any atom is 0.407 e. The molecule has 7 heteroatoms. The predicted molar refractivity (Wildman–Crippen MR) is 134 cm³/mol. The van der Waals surface area contributed by atoms with Gasteiger partial charge in [0.1, 0.15) is 6.61 Å². The van der Waals surface area contributed by atoms with E-state index in [4.69, 9.17) is 9.84 Å². The molecule has 180 valence electrons. The first kappa shape index (κ1) is 24.0. The molecule has 3 aromatic rings. The van der Waals surface area contributed by atoms with E-state index in [0.29, 0.717) is 12.1 Å². The Kier molecular flexibility index (Phi) is 7.15. The second kappa shape index (κ2) is 10.4. The van der Waals surface area contributed by atoms with Crippen LogP contribution in [0.3, 0.4) is 0 Å². The summed E-state index contributed by atoms with van der Waals surface area (Å²) < 4.78 is 5.52. The van der Waals surface area contributed by atoms with Crippen molar-refractivity contribution in [2.75, 3.05) is 18.5 Å². The number of carboxylic acid groups (broad SMARTS) is 1. The van der Waals surface area contributed by atoms with Crippen LogP contribution >= 0.6 is 0 Å². The van der Waals surface area contributed by atoms with Crippen molar-refractivity contribution in [3.8, 4) is 11.1 Å². The molecule has 0 saturated heterocycles. The molecule has 1 atom stereocenters. The number of aromatic carboxylic acids is 1. The molecule has 0 heterocycles. The molecule has 0 spiro atoms. The molecule has 0 aromatic heterocycles. The number of carbonyl (C=O) groups is 3. The van der Waals surface area contributed by atoms with Crippen LogP contribution in [0.5, 0.6) is 0 Å². The van der Waals surface area contributed by atoms with Gasteiger partial charge in [-0.05, 0) is 53.3 Å². The third-order valence-electron chi connectivity index (χ3n) is 6.38. The lowest BCUT2D eigenvalue weighted by Gasteiger charge is -2.16. The van der Waals surface area contributed by atoms with Crippen LogP contribution in [0, 0.1) is 12.8 Å². The molecular weight excluding hydrogens is 444 g/mol. The molecule has 35 heavy (non-hydrogen) atoms. The first-order chi connectivity index (χ1) is 16.8. The minimum Gasteiger partial charge on any atom is -0.478 e. The monoisotopic (exact) mass is 472 g/mol. The number of carboxylic acids is 1. The fourth-order valence-corrected chi connectivity index (χ4v) is 4.32. The van der Waals surface area contributed by atoms with E-state index in [2.05, 4.69) is 34.9 Å². The molecule has 3 N–H and O–H groups in total. The van der Waals surface area contributed by atoms with Gasteiger partial charge >= 0.3 is 12.1 Å². The third kappa shape index (κ3) is 5.35. The summed E-state index contributed by atoms with van der Waals surface area (Å²) in [6, 6.07) is 20.9. The van der Waals surface area contributed by atoms with Gasteiger partial charge in [0.25, 0.3) is 0 Å². The van der Waals surface area contributed by atoms with Crippen molar-refractivity contribution in [3.05, 3.63) is 89.0 Å².